The van der Waals surface area contributed by atoms with Gasteiger partial charge in [-0.15, -0.1) is 6.58 Å². The van der Waals surface area contributed by atoms with E-state index in [2.05, 4.69) is 39.7 Å². The predicted octanol–water partition coefficient (Wildman–Crippen LogP) is 4.83. The molecule has 0 spiro atoms. The van der Waals surface area contributed by atoms with Crippen molar-refractivity contribution in [3.63, 3.8) is 0 Å². The van der Waals surface area contributed by atoms with Gasteiger partial charge in [0.2, 0.25) is 0 Å². The summed E-state index contributed by atoms with van der Waals surface area (Å²) in [6, 6.07) is 2.27. The van der Waals surface area contributed by atoms with Crippen LogP contribution < -0.4 is 0 Å². The van der Waals surface area contributed by atoms with Crippen molar-refractivity contribution in [2.45, 2.75) is 77.3 Å². The van der Waals surface area contributed by atoms with Gasteiger partial charge in [0, 0.05) is 6.61 Å². The molecule has 1 atom stereocenters. The van der Waals surface area contributed by atoms with Gasteiger partial charge in [0.05, 0.1) is 18.9 Å². The zero-order chi connectivity index (χ0) is 21.6. The highest BCUT2D eigenvalue weighted by atomic mass is 28.4. The fourth-order valence-corrected chi connectivity index (χ4v) is 12.1. The van der Waals surface area contributed by atoms with Crippen LogP contribution in [0.3, 0.4) is 0 Å². The Hall–Kier alpha value is -0.966. The van der Waals surface area contributed by atoms with E-state index in [1.807, 2.05) is 0 Å². The van der Waals surface area contributed by atoms with Gasteiger partial charge in [-0.3, -0.25) is 9.59 Å². The van der Waals surface area contributed by atoms with Gasteiger partial charge in [0.15, 0.2) is 16.6 Å². The van der Waals surface area contributed by atoms with Crippen LogP contribution in [0.4, 0.5) is 0 Å². The van der Waals surface area contributed by atoms with E-state index in [1.54, 1.807) is 0 Å². The number of unbranched alkanes of at least 4 members (excludes halogenated alkanes) is 1. The lowest BCUT2D eigenvalue weighted by molar-refractivity contribution is -0.152. The molecule has 0 rings (SSSR count). The molecule has 0 aliphatic carbocycles. The Labute approximate surface area is 172 Å². The van der Waals surface area contributed by atoms with Crippen LogP contribution in [-0.4, -0.2) is 53.5 Å². The van der Waals surface area contributed by atoms with Crippen molar-refractivity contribution in [3.8, 4) is 0 Å². The molecule has 0 saturated carbocycles. The Morgan fingerprint density at radius 2 is 1.64 bits per heavy atom. The van der Waals surface area contributed by atoms with Crippen LogP contribution in [0, 0.1) is 5.92 Å². The van der Waals surface area contributed by atoms with Gasteiger partial charge in [-0.25, -0.2) is 0 Å². The Balaban J connectivity index is 3.92. The van der Waals surface area contributed by atoms with Crippen molar-refractivity contribution in [1.82, 2.24) is 0 Å². The van der Waals surface area contributed by atoms with Gasteiger partial charge in [-0.2, -0.15) is 0 Å². The van der Waals surface area contributed by atoms with Crippen molar-refractivity contribution in [2.24, 2.45) is 5.92 Å². The third-order valence-electron chi connectivity index (χ3n) is 4.46. The van der Waals surface area contributed by atoms with Crippen LogP contribution in [0.5, 0.6) is 0 Å². The standard InChI is InChI=1S/C20H40O6Si2/c1-7-9-15-27(3,4)26-28(5,6)16-10-12-24-13-14-25-19(21)17-18(11-8-2)20(22)23/h8,18H,2,7,9-17H2,1,3-6H3,(H,22,23). The molecule has 0 bridgehead atoms. The summed E-state index contributed by atoms with van der Waals surface area (Å²) < 4.78 is 17.2. The average Bonchev–Trinajstić information content (AvgIpc) is 2.57. The van der Waals surface area contributed by atoms with Gasteiger partial charge >= 0.3 is 11.9 Å². The summed E-state index contributed by atoms with van der Waals surface area (Å²) in [6.07, 6.45) is 5.00. The molecule has 0 aromatic heterocycles. The number of carbonyl (C=O) groups is 2. The maximum absolute atomic E-state index is 11.7. The summed E-state index contributed by atoms with van der Waals surface area (Å²) in [6.45, 7) is 16.0. The zero-order valence-corrected chi connectivity index (χ0v) is 20.4. The van der Waals surface area contributed by atoms with E-state index in [-0.39, 0.29) is 19.4 Å². The molecular formula is C20H40O6Si2. The highest BCUT2D eigenvalue weighted by Gasteiger charge is 2.32. The first-order valence-electron chi connectivity index (χ1n) is 10.3. The molecule has 0 amide bonds. The van der Waals surface area contributed by atoms with E-state index in [4.69, 9.17) is 18.7 Å². The maximum Gasteiger partial charge on any atom is 0.307 e. The summed E-state index contributed by atoms with van der Waals surface area (Å²) in [5, 5.41) is 9.02. The van der Waals surface area contributed by atoms with Crippen molar-refractivity contribution < 1.29 is 28.3 Å². The smallest absolute Gasteiger partial charge is 0.307 e. The van der Waals surface area contributed by atoms with Crippen LogP contribution in [0.25, 0.3) is 0 Å². The van der Waals surface area contributed by atoms with Crippen molar-refractivity contribution in [2.75, 3.05) is 19.8 Å². The number of hydrogen-bond acceptors (Lipinski definition) is 5. The van der Waals surface area contributed by atoms with Gasteiger partial charge < -0.3 is 18.7 Å². The second-order valence-corrected chi connectivity index (χ2v) is 17.3. The molecule has 6 nitrogen and oxygen atoms in total. The minimum Gasteiger partial charge on any atom is -0.481 e. The number of carboxylic acid groups (broad SMARTS) is 1. The molecule has 1 unspecified atom stereocenters. The minimum atomic E-state index is -1.68. The number of carboxylic acids is 1. The van der Waals surface area contributed by atoms with Gasteiger partial charge in [-0.05, 0) is 51.1 Å². The molecule has 8 heteroatoms. The zero-order valence-electron chi connectivity index (χ0n) is 18.4. The first-order chi connectivity index (χ1) is 13.0. The Kier molecular flexibility index (Phi) is 13.6. The number of allylic oxidation sites excluding steroid dienone is 1. The molecule has 0 fully saturated rings. The van der Waals surface area contributed by atoms with E-state index in [9.17, 15) is 9.59 Å². The van der Waals surface area contributed by atoms with E-state index in [0.717, 1.165) is 12.5 Å². The van der Waals surface area contributed by atoms with E-state index < -0.39 is 34.5 Å². The summed E-state index contributed by atoms with van der Waals surface area (Å²) in [4.78, 5) is 22.7. The molecule has 0 aromatic rings. The summed E-state index contributed by atoms with van der Waals surface area (Å²) >= 11 is 0. The van der Waals surface area contributed by atoms with Crippen LogP contribution >= 0.6 is 0 Å². The minimum absolute atomic E-state index is 0.143. The fraction of sp³-hybridized carbons (Fsp3) is 0.800. The van der Waals surface area contributed by atoms with E-state index in [1.165, 1.54) is 25.0 Å². The first-order valence-corrected chi connectivity index (χ1v) is 16.5. The van der Waals surface area contributed by atoms with Crippen molar-refractivity contribution in [1.29, 1.82) is 0 Å². The van der Waals surface area contributed by atoms with Crippen LogP contribution in [0.1, 0.15) is 39.0 Å². The lowest BCUT2D eigenvalue weighted by atomic mass is 10.0. The quantitative estimate of drug-likeness (QED) is 0.153. The molecule has 0 radical (unpaired) electrons. The normalized spacial score (nSPS) is 13.2. The van der Waals surface area contributed by atoms with Crippen LogP contribution in [-0.2, 0) is 23.2 Å². The molecule has 0 heterocycles. The predicted molar refractivity (Wildman–Crippen MR) is 118 cm³/mol. The molecule has 164 valence electrons. The van der Waals surface area contributed by atoms with Gasteiger partial charge in [0.25, 0.3) is 0 Å². The lowest BCUT2D eigenvalue weighted by Crippen LogP contribution is -2.44. The first kappa shape index (κ1) is 27.0. The lowest BCUT2D eigenvalue weighted by Gasteiger charge is -2.34. The summed E-state index contributed by atoms with van der Waals surface area (Å²) in [7, 11) is -3.25. The number of hydrogen-bond donors (Lipinski definition) is 1. The van der Waals surface area contributed by atoms with Crippen molar-refractivity contribution >= 4 is 28.6 Å². The Morgan fingerprint density at radius 1 is 1.04 bits per heavy atom. The molecule has 0 aromatic carbocycles. The SMILES string of the molecule is C=CCC(CC(=O)OCCOCCC[Si](C)(C)O[Si](C)(C)CCCC)C(=O)O. The highest BCUT2D eigenvalue weighted by molar-refractivity contribution is 6.84. The van der Waals surface area contributed by atoms with Crippen LogP contribution in [0.2, 0.25) is 38.3 Å². The van der Waals surface area contributed by atoms with Crippen LogP contribution in [0.15, 0.2) is 12.7 Å². The third kappa shape index (κ3) is 14.1. The monoisotopic (exact) mass is 432 g/mol. The topological polar surface area (TPSA) is 82.1 Å². The summed E-state index contributed by atoms with van der Waals surface area (Å²) in [5.74, 6) is -2.30. The maximum atomic E-state index is 11.7. The Bertz CT molecular complexity index is 479. The van der Waals surface area contributed by atoms with Crippen molar-refractivity contribution in [3.05, 3.63) is 12.7 Å². The molecule has 0 saturated heterocycles. The fourth-order valence-electron chi connectivity index (χ4n) is 3.10. The molecule has 1 N–H and O–H groups in total. The second-order valence-electron chi connectivity index (χ2n) is 8.43. The van der Waals surface area contributed by atoms with Gasteiger partial charge in [0.1, 0.15) is 6.61 Å². The average molecular weight is 433 g/mol. The third-order valence-corrected chi connectivity index (χ3v) is 12.0. The number of aliphatic carboxylic acids is 1. The second kappa shape index (κ2) is 14.1. The molecule has 0 aliphatic rings. The molecule has 0 aliphatic heterocycles. The number of ether oxygens (including phenoxy) is 2. The van der Waals surface area contributed by atoms with E-state index >= 15 is 0 Å². The number of esters is 1. The molecule has 28 heavy (non-hydrogen) atoms. The molecular weight excluding hydrogens is 392 g/mol. The number of carbonyl (C=O) groups excluding carboxylic acids is 1. The highest BCUT2D eigenvalue weighted by Crippen LogP contribution is 2.24. The van der Waals surface area contributed by atoms with Gasteiger partial charge in [-0.1, -0.05) is 25.8 Å². The van der Waals surface area contributed by atoms with E-state index in [0.29, 0.717) is 13.2 Å². The largest absolute Gasteiger partial charge is 0.481 e. The Morgan fingerprint density at radius 3 is 2.18 bits per heavy atom. The number of rotatable bonds is 17. The summed E-state index contributed by atoms with van der Waals surface area (Å²) in [5.41, 5.74) is 0.